The SMILES string of the molecule is COc1ccc(NC(=O)COc2ccc(Cl)cc2C)cc1OC. The van der Waals surface area contributed by atoms with Gasteiger partial charge in [0.25, 0.3) is 5.91 Å². The maximum Gasteiger partial charge on any atom is 0.262 e. The zero-order valence-electron chi connectivity index (χ0n) is 13.2. The van der Waals surface area contributed by atoms with Gasteiger partial charge < -0.3 is 19.5 Å². The zero-order chi connectivity index (χ0) is 16.8. The zero-order valence-corrected chi connectivity index (χ0v) is 13.9. The van der Waals surface area contributed by atoms with Crippen LogP contribution >= 0.6 is 11.6 Å². The first kappa shape index (κ1) is 17.0. The number of anilines is 1. The maximum atomic E-state index is 12.0. The van der Waals surface area contributed by atoms with Crippen LogP contribution in [0.4, 0.5) is 5.69 Å². The Bertz CT molecular complexity index is 703. The van der Waals surface area contributed by atoms with E-state index in [2.05, 4.69) is 5.32 Å². The number of hydrogen-bond acceptors (Lipinski definition) is 4. The van der Waals surface area contributed by atoms with Gasteiger partial charge in [-0.25, -0.2) is 0 Å². The molecular formula is C17H18ClNO4. The van der Waals surface area contributed by atoms with Crippen molar-refractivity contribution in [3.8, 4) is 17.2 Å². The molecule has 1 N–H and O–H groups in total. The minimum absolute atomic E-state index is 0.100. The molecule has 0 aliphatic rings. The number of carbonyl (C=O) groups excluding carboxylic acids is 1. The molecule has 0 saturated heterocycles. The molecule has 2 aromatic rings. The third-order valence-corrected chi connectivity index (χ3v) is 3.40. The van der Waals surface area contributed by atoms with Gasteiger partial charge in [-0.15, -0.1) is 0 Å². The Morgan fingerprint density at radius 1 is 1.04 bits per heavy atom. The lowest BCUT2D eigenvalue weighted by Crippen LogP contribution is -2.20. The second-order valence-electron chi connectivity index (χ2n) is 4.82. The van der Waals surface area contributed by atoms with Crippen LogP contribution < -0.4 is 19.5 Å². The van der Waals surface area contributed by atoms with E-state index in [1.165, 1.54) is 7.11 Å². The van der Waals surface area contributed by atoms with Crippen LogP contribution in [0.15, 0.2) is 36.4 Å². The summed E-state index contributed by atoms with van der Waals surface area (Å²) in [6.45, 7) is 1.77. The normalized spacial score (nSPS) is 10.1. The largest absolute Gasteiger partial charge is 0.493 e. The molecule has 0 atom stereocenters. The lowest BCUT2D eigenvalue weighted by Gasteiger charge is -2.12. The first-order valence-electron chi connectivity index (χ1n) is 6.94. The molecular weight excluding hydrogens is 318 g/mol. The van der Waals surface area contributed by atoms with E-state index in [4.69, 9.17) is 25.8 Å². The molecule has 0 bridgehead atoms. The molecule has 0 radical (unpaired) electrons. The van der Waals surface area contributed by atoms with Crippen molar-refractivity contribution in [1.29, 1.82) is 0 Å². The van der Waals surface area contributed by atoms with Crippen molar-refractivity contribution in [3.63, 3.8) is 0 Å². The van der Waals surface area contributed by atoms with Crippen LogP contribution in [0.3, 0.4) is 0 Å². The lowest BCUT2D eigenvalue weighted by atomic mass is 10.2. The maximum absolute atomic E-state index is 12.0. The number of rotatable bonds is 6. The Morgan fingerprint density at radius 3 is 2.39 bits per heavy atom. The summed E-state index contributed by atoms with van der Waals surface area (Å²) < 4.78 is 15.8. The second kappa shape index (κ2) is 7.74. The molecule has 0 aliphatic carbocycles. The van der Waals surface area contributed by atoms with E-state index in [0.717, 1.165) is 5.56 Å². The van der Waals surface area contributed by atoms with E-state index in [1.54, 1.807) is 43.5 Å². The minimum atomic E-state index is -0.272. The third-order valence-electron chi connectivity index (χ3n) is 3.16. The number of amides is 1. The standard InChI is InChI=1S/C17H18ClNO4/c1-11-8-12(18)4-6-14(11)23-10-17(20)19-13-5-7-15(21-2)16(9-13)22-3/h4-9H,10H2,1-3H3,(H,19,20). The van der Waals surface area contributed by atoms with Gasteiger partial charge in [-0.05, 0) is 42.8 Å². The van der Waals surface area contributed by atoms with Gasteiger partial charge in [0, 0.05) is 16.8 Å². The number of aryl methyl sites for hydroxylation is 1. The molecule has 2 rings (SSSR count). The van der Waals surface area contributed by atoms with Crippen molar-refractivity contribution in [2.45, 2.75) is 6.92 Å². The van der Waals surface area contributed by atoms with Crippen LogP contribution in [-0.4, -0.2) is 26.7 Å². The molecule has 5 nitrogen and oxygen atoms in total. The van der Waals surface area contributed by atoms with E-state index >= 15 is 0 Å². The number of halogens is 1. The average Bonchev–Trinajstić information content (AvgIpc) is 2.54. The molecule has 0 spiro atoms. The van der Waals surface area contributed by atoms with Crippen LogP contribution in [0.2, 0.25) is 5.02 Å². The highest BCUT2D eigenvalue weighted by Gasteiger charge is 2.09. The van der Waals surface area contributed by atoms with Crippen molar-refractivity contribution in [2.24, 2.45) is 0 Å². The highest BCUT2D eigenvalue weighted by atomic mass is 35.5. The first-order chi connectivity index (χ1) is 11.0. The summed E-state index contributed by atoms with van der Waals surface area (Å²) in [5.74, 6) is 1.49. The van der Waals surface area contributed by atoms with E-state index in [-0.39, 0.29) is 12.5 Å². The summed E-state index contributed by atoms with van der Waals surface area (Å²) in [7, 11) is 3.09. The quantitative estimate of drug-likeness (QED) is 0.874. The van der Waals surface area contributed by atoms with E-state index in [0.29, 0.717) is 28.0 Å². The van der Waals surface area contributed by atoms with Crippen molar-refractivity contribution >= 4 is 23.2 Å². The van der Waals surface area contributed by atoms with Crippen molar-refractivity contribution in [2.75, 3.05) is 26.1 Å². The summed E-state index contributed by atoms with van der Waals surface area (Å²) in [6.07, 6.45) is 0. The van der Waals surface area contributed by atoms with E-state index < -0.39 is 0 Å². The van der Waals surface area contributed by atoms with Crippen LogP contribution in [0.25, 0.3) is 0 Å². The molecule has 2 aromatic carbocycles. The molecule has 122 valence electrons. The molecule has 6 heteroatoms. The van der Waals surface area contributed by atoms with Gasteiger partial charge in [-0.1, -0.05) is 11.6 Å². The fourth-order valence-electron chi connectivity index (χ4n) is 2.03. The Balaban J connectivity index is 1.97. The summed E-state index contributed by atoms with van der Waals surface area (Å²) in [5, 5.41) is 3.37. The number of hydrogen-bond donors (Lipinski definition) is 1. The highest BCUT2D eigenvalue weighted by molar-refractivity contribution is 6.30. The first-order valence-corrected chi connectivity index (χ1v) is 7.32. The monoisotopic (exact) mass is 335 g/mol. The summed E-state index contributed by atoms with van der Waals surface area (Å²) in [4.78, 5) is 12.0. The Hall–Kier alpha value is -2.40. The number of methoxy groups -OCH3 is 2. The predicted molar refractivity (Wildman–Crippen MR) is 89.9 cm³/mol. The summed E-state index contributed by atoms with van der Waals surface area (Å²) in [5.41, 5.74) is 1.47. The Morgan fingerprint density at radius 2 is 1.74 bits per heavy atom. The molecule has 0 unspecified atom stereocenters. The minimum Gasteiger partial charge on any atom is -0.493 e. The number of benzene rings is 2. The Labute approximate surface area is 140 Å². The van der Waals surface area contributed by atoms with Gasteiger partial charge >= 0.3 is 0 Å². The van der Waals surface area contributed by atoms with Gasteiger partial charge in [0.15, 0.2) is 18.1 Å². The number of nitrogens with one attached hydrogen (secondary N) is 1. The van der Waals surface area contributed by atoms with Gasteiger partial charge in [0.2, 0.25) is 0 Å². The Kier molecular flexibility index (Phi) is 5.71. The van der Waals surface area contributed by atoms with Crippen LogP contribution in [0, 0.1) is 6.92 Å². The number of ether oxygens (including phenoxy) is 3. The fourth-order valence-corrected chi connectivity index (χ4v) is 2.26. The molecule has 0 aromatic heterocycles. The van der Waals surface area contributed by atoms with E-state index in [1.807, 2.05) is 6.92 Å². The molecule has 23 heavy (non-hydrogen) atoms. The molecule has 1 amide bonds. The highest BCUT2D eigenvalue weighted by Crippen LogP contribution is 2.29. The molecule has 0 fully saturated rings. The van der Waals surface area contributed by atoms with Crippen LogP contribution in [0.1, 0.15) is 5.56 Å². The topological polar surface area (TPSA) is 56.8 Å². The van der Waals surface area contributed by atoms with Gasteiger partial charge in [0.1, 0.15) is 5.75 Å². The second-order valence-corrected chi connectivity index (χ2v) is 5.25. The molecule has 0 aliphatic heterocycles. The number of carbonyl (C=O) groups is 1. The summed E-state index contributed by atoms with van der Waals surface area (Å²) in [6, 6.07) is 10.4. The van der Waals surface area contributed by atoms with Gasteiger partial charge in [0.05, 0.1) is 14.2 Å². The van der Waals surface area contributed by atoms with E-state index in [9.17, 15) is 4.79 Å². The third kappa shape index (κ3) is 4.53. The van der Waals surface area contributed by atoms with Crippen molar-refractivity contribution in [1.82, 2.24) is 0 Å². The smallest absolute Gasteiger partial charge is 0.262 e. The van der Waals surface area contributed by atoms with Crippen LogP contribution in [-0.2, 0) is 4.79 Å². The lowest BCUT2D eigenvalue weighted by molar-refractivity contribution is -0.118. The van der Waals surface area contributed by atoms with Gasteiger partial charge in [-0.2, -0.15) is 0 Å². The molecule has 0 heterocycles. The van der Waals surface area contributed by atoms with Gasteiger partial charge in [-0.3, -0.25) is 4.79 Å². The van der Waals surface area contributed by atoms with Crippen LogP contribution in [0.5, 0.6) is 17.2 Å². The predicted octanol–water partition coefficient (Wildman–Crippen LogP) is 3.68. The fraction of sp³-hybridized carbons (Fsp3) is 0.235. The van der Waals surface area contributed by atoms with Crippen molar-refractivity contribution < 1.29 is 19.0 Å². The summed E-state index contributed by atoms with van der Waals surface area (Å²) >= 11 is 5.88. The average molecular weight is 336 g/mol. The van der Waals surface area contributed by atoms with Crippen molar-refractivity contribution in [3.05, 3.63) is 47.0 Å². The molecule has 0 saturated carbocycles.